The first-order valence-corrected chi connectivity index (χ1v) is 11.7. The van der Waals surface area contributed by atoms with Gasteiger partial charge in [0.05, 0.1) is 11.6 Å². The average Bonchev–Trinajstić information content (AvgIpc) is 2.80. The maximum Gasteiger partial charge on any atom is 0.235 e. The molecule has 170 valence electrons. The summed E-state index contributed by atoms with van der Waals surface area (Å²) in [7, 11) is 0. The number of unbranched alkanes of at least 4 members (excludes halogenated alkanes) is 7. The summed E-state index contributed by atoms with van der Waals surface area (Å²) in [4.78, 5) is 25.7. The molecule has 0 saturated heterocycles. The molecule has 1 aliphatic carbocycles. The number of hydrogen-bond donors (Lipinski definition) is 3. The first kappa shape index (κ1) is 23.7. The quantitative estimate of drug-likeness (QED) is 0.285. The van der Waals surface area contributed by atoms with Gasteiger partial charge in [-0.15, -0.1) is 0 Å². The fourth-order valence-electron chi connectivity index (χ4n) is 4.25. The molecule has 2 aromatic rings. The van der Waals surface area contributed by atoms with E-state index in [9.17, 15) is 19.8 Å². The van der Waals surface area contributed by atoms with E-state index in [1.54, 1.807) is 48.5 Å². The van der Waals surface area contributed by atoms with Crippen molar-refractivity contribution < 1.29 is 19.8 Å². The third-order valence-electron chi connectivity index (χ3n) is 6.00. The second kappa shape index (κ2) is 11.6. The van der Waals surface area contributed by atoms with E-state index in [1.807, 2.05) is 0 Å². The van der Waals surface area contributed by atoms with Crippen molar-refractivity contribution in [3.05, 3.63) is 70.8 Å². The highest BCUT2D eigenvalue weighted by Crippen LogP contribution is 2.35. The summed E-state index contributed by atoms with van der Waals surface area (Å²) in [6.07, 6.45) is 9.49. The molecule has 32 heavy (non-hydrogen) atoms. The second-order valence-electron chi connectivity index (χ2n) is 8.42. The van der Waals surface area contributed by atoms with Crippen molar-refractivity contribution in [1.29, 1.82) is 0 Å². The van der Waals surface area contributed by atoms with Gasteiger partial charge in [-0.25, -0.2) is 0 Å². The Kier molecular flexibility index (Phi) is 8.63. The fraction of sp³-hybridized carbons (Fsp3) is 0.407. The van der Waals surface area contributed by atoms with E-state index in [0.717, 1.165) is 12.8 Å². The lowest BCUT2D eigenvalue weighted by molar-refractivity contribution is -0.112. The van der Waals surface area contributed by atoms with E-state index in [1.165, 1.54) is 38.5 Å². The standard InChI is InChI=1S/C27H33NO4/c1-2-3-4-5-6-7-8-11-17-28-24(19-13-12-14-20(29)18-19)23-25(30)21-15-9-10-16-22(21)26(31)27(23)32/h9-10,12-16,18,24,28-30H,2-8,11,17H2,1H3. The van der Waals surface area contributed by atoms with Gasteiger partial charge in [0.15, 0.2) is 0 Å². The van der Waals surface area contributed by atoms with E-state index in [4.69, 9.17) is 0 Å². The van der Waals surface area contributed by atoms with Crippen LogP contribution in [0, 0.1) is 0 Å². The topological polar surface area (TPSA) is 86.6 Å². The van der Waals surface area contributed by atoms with E-state index in [2.05, 4.69) is 12.2 Å². The number of Topliss-reactive ketones (excluding diaryl/α,β-unsaturated/α-hetero) is 2. The van der Waals surface area contributed by atoms with Crippen molar-refractivity contribution in [3.63, 3.8) is 0 Å². The van der Waals surface area contributed by atoms with Crippen molar-refractivity contribution in [2.75, 3.05) is 6.54 Å². The summed E-state index contributed by atoms with van der Waals surface area (Å²) in [6, 6.07) is 12.5. The molecular weight excluding hydrogens is 402 g/mol. The van der Waals surface area contributed by atoms with Crippen LogP contribution in [-0.4, -0.2) is 28.3 Å². The normalized spacial score (nSPS) is 14.5. The summed E-state index contributed by atoms with van der Waals surface area (Å²) in [5.74, 6) is -1.44. The summed E-state index contributed by atoms with van der Waals surface area (Å²) in [5, 5.41) is 24.3. The first-order chi connectivity index (χ1) is 15.5. The van der Waals surface area contributed by atoms with Crippen LogP contribution >= 0.6 is 0 Å². The molecule has 3 N–H and O–H groups in total. The number of phenolic OH excluding ortho intramolecular Hbond substituents is 1. The highest BCUT2D eigenvalue weighted by Gasteiger charge is 2.37. The zero-order valence-electron chi connectivity index (χ0n) is 18.8. The van der Waals surface area contributed by atoms with Crippen molar-refractivity contribution in [1.82, 2.24) is 5.32 Å². The van der Waals surface area contributed by atoms with Gasteiger partial charge >= 0.3 is 0 Å². The van der Waals surface area contributed by atoms with Crippen LogP contribution in [0.25, 0.3) is 5.76 Å². The van der Waals surface area contributed by atoms with Crippen molar-refractivity contribution in [2.45, 2.75) is 64.3 Å². The lowest BCUT2D eigenvalue weighted by Gasteiger charge is -2.26. The molecule has 0 bridgehead atoms. The molecule has 5 nitrogen and oxygen atoms in total. The van der Waals surface area contributed by atoms with Crippen molar-refractivity contribution in [2.24, 2.45) is 0 Å². The number of hydrogen-bond acceptors (Lipinski definition) is 5. The van der Waals surface area contributed by atoms with Gasteiger partial charge < -0.3 is 15.5 Å². The summed E-state index contributed by atoms with van der Waals surface area (Å²) >= 11 is 0. The van der Waals surface area contributed by atoms with Crippen molar-refractivity contribution >= 4 is 17.3 Å². The van der Waals surface area contributed by atoms with Crippen LogP contribution < -0.4 is 5.32 Å². The van der Waals surface area contributed by atoms with Gasteiger partial charge in [-0.1, -0.05) is 88.3 Å². The lowest BCUT2D eigenvalue weighted by atomic mass is 9.83. The van der Waals surface area contributed by atoms with Crippen LogP contribution in [0.2, 0.25) is 0 Å². The summed E-state index contributed by atoms with van der Waals surface area (Å²) in [5.41, 5.74) is 1.26. The predicted molar refractivity (Wildman–Crippen MR) is 127 cm³/mol. The smallest absolute Gasteiger partial charge is 0.235 e. The van der Waals surface area contributed by atoms with Crippen LogP contribution in [0.3, 0.4) is 0 Å². The van der Waals surface area contributed by atoms with Crippen molar-refractivity contribution in [3.8, 4) is 5.75 Å². The highest BCUT2D eigenvalue weighted by atomic mass is 16.3. The molecule has 1 unspecified atom stereocenters. The number of carbonyl (C=O) groups excluding carboxylic acids is 2. The lowest BCUT2D eigenvalue weighted by Crippen LogP contribution is -2.34. The van der Waals surface area contributed by atoms with Gasteiger partial charge in [0.1, 0.15) is 11.5 Å². The number of carbonyl (C=O) groups is 2. The zero-order chi connectivity index (χ0) is 22.9. The molecule has 3 rings (SSSR count). The van der Waals surface area contributed by atoms with Gasteiger partial charge in [-0.2, -0.15) is 0 Å². The number of benzene rings is 2. The molecule has 0 aromatic heterocycles. The first-order valence-electron chi connectivity index (χ1n) is 11.7. The second-order valence-corrected chi connectivity index (χ2v) is 8.42. The number of ketones is 2. The molecule has 1 atom stereocenters. The van der Waals surface area contributed by atoms with Crippen LogP contribution in [-0.2, 0) is 4.79 Å². The van der Waals surface area contributed by atoms with Gasteiger partial charge in [0.25, 0.3) is 0 Å². The minimum Gasteiger partial charge on any atom is -0.508 e. The maximum absolute atomic E-state index is 13.0. The van der Waals surface area contributed by atoms with Gasteiger partial charge in [0.2, 0.25) is 11.6 Å². The number of aliphatic hydroxyl groups is 1. The number of rotatable bonds is 12. The third-order valence-corrected chi connectivity index (χ3v) is 6.00. The van der Waals surface area contributed by atoms with Crippen LogP contribution in [0.5, 0.6) is 5.75 Å². The van der Waals surface area contributed by atoms with E-state index in [-0.39, 0.29) is 22.6 Å². The number of phenols is 1. The summed E-state index contributed by atoms with van der Waals surface area (Å²) in [6.45, 7) is 2.85. The molecule has 0 amide bonds. The maximum atomic E-state index is 13.0. The number of nitrogens with one attached hydrogen (secondary N) is 1. The Morgan fingerprint density at radius 3 is 2.12 bits per heavy atom. The molecule has 5 heteroatoms. The Labute approximate surface area is 190 Å². The molecule has 0 heterocycles. The SMILES string of the molecule is CCCCCCCCCCNC(C1=C(O)c2ccccc2C(=O)C1=O)c1cccc(O)c1. The largest absolute Gasteiger partial charge is 0.508 e. The molecule has 1 aliphatic rings. The van der Waals surface area contributed by atoms with Crippen LogP contribution in [0.15, 0.2) is 54.1 Å². The monoisotopic (exact) mass is 435 g/mol. The van der Waals surface area contributed by atoms with Gasteiger partial charge in [-0.05, 0) is 30.7 Å². The Balaban J connectivity index is 1.76. The Bertz CT molecular complexity index is 979. The molecule has 0 spiro atoms. The van der Waals surface area contributed by atoms with E-state index in [0.29, 0.717) is 17.7 Å². The minimum absolute atomic E-state index is 0.0406. The van der Waals surface area contributed by atoms with Crippen LogP contribution in [0.1, 0.15) is 85.8 Å². The number of aromatic hydroxyl groups is 1. The Morgan fingerprint density at radius 1 is 0.781 bits per heavy atom. The molecule has 0 fully saturated rings. The average molecular weight is 436 g/mol. The molecule has 0 saturated carbocycles. The third kappa shape index (κ3) is 5.65. The molecular formula is C27H33NO4. The number of fused-ring (bicyclic) bond motifs is 1. The van der Waals surface area contributed by atoms with Gasteiger partial charge in [0, 0.05) is 11.1 Å². The van der Waals surface area contributed by atoms with Crippen LogP contribution in [0.4, 0.5) is 0 Å². The molecule has 2 aromatic carbocycles. The zero-order valence-corrected chi connectivity index (χ0v) is 18.8. The molecule has 0 radical (unpaired) electrons. The van der Waals surface area contributed by atoms with E-state index < -0.39 is 17.6 Å². The fourth-order valence-corrected chi connectivity index (χ4v) is 4.25. The number of aliphatic hydroxyl groups excluding tert-OH is 1. The predicted octanol–water partition coefficient (Wildman–Crippen LogP) is 5.90. The summed E-state index contributed by atoms with van der Waals surface area (Å²) < 4.78 is 0. The van der Waals surface area contributed by atoms with E-state index >= 15 is 0 Å². The Morgan fingerprint density at radius 2 is 1.44 bits per heavy atom. The highest BCUT2D eigenvalue weighted by molar-refractivity contribution is 6.52. The molecule has 0 aliphatic heterocycles. The Hall–Kier alpha value is -2.92. The van der Waals surface area contributed by atoms with Gasteiger partial charge in [-0.3, -0.25) is 9.59 Å². The minimum atomic E-state index is -0.710.